The molecule has 18 heavy (non-hydrogen) atoms. The molecule has 0 aromatic heterocycles. The van der Waals surface area contributed by atoms with E-state index in [0.717, 1.165) is 5.56 Å². The molecular weight excluding hydrogens is 230 g/mol. The van der Waals surface area contributed by atoms with Gasteiger partial charge in [0, 0.05) is 17.3 Å². The summed E-state index contributed by atoms with van der Waals surface area (Å²) in [7, 11) is 0. The molecular formula is C14H17NO3. The summed E-state index contributed by atoms with van der Waals surface area (Å²) < 4.78 is 4.75. The molecule has 0 radical (unpaired) electrons. The summed E-state index contributed by atoms with van der Waals surface area (Å²) in [5.41, 5.74) is 2.03. The molecule has 1 amide bonds. The summed E-state index contributed by atoms with van der Waals surface area (Å²) in [6.07, 6.45) is 1.26. The molecule has 0 saturated heterocycles. The van der Waals surface area contributed by atoms with Gasteiger partial charge in [0.15, 0.2) is 0 Å². The van der Waals surface area contributed by atoms with E-state index in [4.69, 9.17) is 4.74 Å². The zero-order valence-corrected chi connectivity index (χ0v) is 10.8. The molecule has 96 valence electrons. The Labute approximate surface area is 107 Å². The quantitative estimate of drug-likeness (QED) is 0.655. The highest BCUT2D eigenvalue weighted by Gasteiger charge is 2.06. The van der Waals surface area contributed by atoms with Crippen molar-refractivity contribution in [3.05, 3.63) is 47.2 Å². The fourth-order valence-electron chi connectivity index (χ4n) is 1.43. The lowest BCUT2D eigenvalue weighted by Crippen LogP contribution is -2.22. The van der Waals surface area contributed by atoms with E-state index in [0.29, 0.717) is 17.9 Å². The lowest BCUT2D eigenvalue weighted by molar-refractivity contribution is -0.137. The molecule has 0 saturated carbocycles. The SMILES string of the molecule is CCOC(=O)/C=C(\C)NC(=O)c1cccc(C)c1. The van der Waals surface area contributed by atoms with E-state index < -0.39 is 5.97 Å². The lowest BCUT2D eigenvalue weighted by atomic mass is 10.1. The van der Waals surface area contributed by atoms with E-state index in [1.807, 2.05) is 19.1 Å². The Morgan fingerprint density at radius 1 is 1.39 bits per heavy atom. The number of rotatable bonds is 4. The first-order chi connectivity index (χ1) is 8.52. The van der Waals surface area contributed by atoms with E-state index in [9.17, 15) is 9.59 Å². The molecule has 0 spiro atoms. The second kappa shape index (κ2) is 6.59. The predicted octanol–water partition coefficient (Wildman–Crippen LogP) is 2.19. The van der Waals surface area contributed by atoms with Crippen molar-refractivity contribution in [2.75, 3.05) is 6.61 Å². The number of benzene rings is 1. The number of nitrogens with one attached hydrogen (secondary N) is 1. The van der Waals surface area contributed by atoms with Crippen molar-refractivity contribution in [2.45, 2.75) is 20.8 Å². The van der Waals surface area contributed by atoms with Gasteiger partial charge in [0.2, 0.25) is 0 Å². The Morgan fingerprint density at radius 2 is 2.11 bits per heavy atom. The Balaban J connectivity index is 2.68. The molecule has 0 heterocycles. The van der Waals surface area contributed by atoms with Gasteiger partial charge < -0.3 is 10.1 Å². The number of aryl methyl sites for hydroxylation is 1. The van der Waals surface area contributed by atoms with Crippen LogP contribution < -0.4 is 5.32 Å². The van der Waals surface area contributed by atoms with E-state index in [1.165, 1.54) is 6.08 Å². The van der Waals surface area contributed by atoms with Crippen LogP contribution >= 0.6 is 0 Å². The molecule has 4 heteroatoms. The van der Waals surface area contributed by atoms with E-state index in [1.54, 1.807) is 26.0 Å². The molecule has 0 aliphatic rings. The Bertz CT molecular complexity index is 478. The molecule has 0 atom stereocenters. The van der Waals surface area contributed by atoms with Crippen LogP contribution in [-0.4, -0.2) is 18.5 Å². The van der Waals surface area contributed by atoms with Crippen LogP contribution in [0.15, 0.2) is 36.0 Å². The standard InChI is InChI=1S/C14H17NO3/c1-4-18-13(16)9-11(3)15-14(17)12-7-5-6-10(2)8-12/h5-9H,4H2,1-3H3,(H,15,17)/b11-9+. The van der Waals surface area contributed by atoms with Gasteiger partial charge >= 0.3 is 5.97 Å². The van der Waals surface area contributed by atoms with Crippen molar-refractivity contribution in [2.24, 2.45) is 0 Å². The molecule has 0 aliphatic carbocycles. The molecule has 0 bridgehead atoms. The zero-order valence-electron chi connectivity index (χ0n) is 10.8. The highest BCUT2D eigenvalue weighted by Crippen LogP contribution is 2.04. The van der Waals surface area contributed by atoms with Crippen molar-refractivity contribution in [3.8, 4) is 0 Å². The summed E-state index contributed by atoms with van der Waals surface area (Å²) in [5.74, 6) is -0.698. The third-order valence-electron chi connectivity index (χ3n) is 2.21. The second-order valence-corrected chi connectivity index (χ2v) is 3.90. The number of esters is 1. The Hall–Kier alpha value is -2.10. The molecule has 4 nitrogen and oxygen atoms in total. The summed E-state index contributed by atoms with van der Waals surface area (Å²) in [6, 6.07) is 7.24. The Kier molecular flexibility index (Phi) is 5.11. The highest BCUT2D eigenvalue weighted by atomic mass is 16.5. The molecule has 1 N–H and O–H groups in total. The van der Waals surface area contributed by atoms with Gasteiger partial charge in [0.25, 0.3) is 5.91 Å². The largest absolute Gasteiger partial charge is 0.463 e. The molecule has 1 aromatic rings. The van der Waals surface area contributed by atoms with Gasteiger partial charge in [-0.25, -0.2) is 4.79 Å². The van der Waals surface area contributed by atoms with Gasteiger partial charge in [-0.05, 0) is 32.9 Å². The van der Waals surface area contributed by atoms with Gasteiger partial charge in [-0.3, -0.25) is 4.79 Å². The van der Waals surface area contributed by atoms with Crippen molar-refractivity contribution in [3.63, 3.8) is 0 Å². The molecule has 0 aliphatic heterocycles. The molecule has 1 aromatic carbocycles. The number of ether oxygens (including phenoxy) is 1. The van der Waals surface area contributed by atoms with Gasteiger partial charge in [-0.15, -0.1) is 0 Å². The van der Waals surface area contributed by atoms with E-state index in [2.05, 4.69) is 5.32 Å². The summed E-state index contributed by atoms with van der Waals surface area (Å²) in [6.45, 7) is 5.60. The molecule has 0 unspecified atom stereocenters. The van der Waals surface area contributed by atoms with Crippen LogP contribution in [0.2, 0.25) is 0 Å². The minimum atomic E-state index is -0.459. The number of amides is 1. The molecule has 0 fully saturated rings. The van der Waals surface area contributed by atoms with Gasteiger partial charge in [0.05, 0.1) is 6.61 Å². The van der Waals surface area contributed by atoms with Gasteiger partial charge in [0.1, 0.15) is 0 Å². The number of allylic oxidation sites excluding steroid dienone is 1. The normalized spacial score (nSPS) is 10.9. The first kappa shape index (κ1) is 14.0. The minimum Gasteiger partial charge on any atom is -0.463 e. The van der Waals surface area contributed by atoms with Gasteiger partial charge in [-0.2, -0.15) is 0 Å². The number of carbonyl (C=O) groups is 2. The van der Waals surface area contributed by atoms with Crippen LogP contribution in [0.25, 0.3) is 0 Å². The lowest BCUT2D eigenvalue weighted by Gasteiger charge is -2.06. The minimum absolute atomic E-state index is 0.239. The summed E-state index contributed by atoms with van der Waals surface area (Å²) in [4.78, 5) is 23.0. The summed E-state index contributed by atoms with van der Waals surface area (Å²) in [5, 5.41) is 2.63. The topological polar surface area (TPSA) is 55.4 Å². The zero-order chi connectivity index (χ0) is 13.5. The fraction of sp³-hybridized carbons (Fsp3) is 0.286. The maximum Gasteiger partial charge on any atom is 0.332 e. The second-order valence-electron chi connectivity index (χ2n) is 3.90. The van der Waals surface area contributed by atoms with Crippen molar-refractivity contribution in [1.29, 1.82) is 0 Å². The van der Waals surface area contributed by atoms with Crippen molar-refractivity contribution >= 4 is 11.9 Å². The summed E-state index contributed by atoms with van der Waals surface area (Å²) >= 11 is 0. The van der Waals surface area contributed by atoms with E-state index >= 15 is 0 Å². The smallest absolute Gasteiger partial charge is 0.332 e. The average Bonchev–Trinajstić information content (AvgIpc) is 2.28. The van der Waals surface area contributed by atoms with Crippen molar-refractivity contribution < 1.29 is 14.3 Å². The predicted molar refractivity (Wildman–Crippen MR) is 69.0 cm³/mol. The maximum atomic E-state index is 11.8. The van der Waals surface area contributed by atoms with Crippen LogP contribution in [-0.2, 0) is 9.53 Å². The molecule has 1 rings (SSSR count). The third kappa shape index (κ3) is 4.41. The number of hydrogen-bond acceptors (Lipinski definition) is 3. The van der Waals surface area contributed by atoms with Crippen molar-refractivity contribution in [1.82, 2.24) is 5.32 Å². The Morgan fingerprint density at radius 3 is 2.72 bits per heavy atom. The van der Waals surface area contributed by atoms with Crippen LogP contribution in [0.4, 0.5) is 0 Å². The van der Waals surface area contributed by atoms with Crippen LogP contribution in [0, 0.1) is 6.92 Å². The number of carbonyl (C=O) groups excluding carboxylic acids is 2. The van der Waals surface area contributed by atoms with E-state index in [-0.39, 0.29) is 5.91 Å². The van der Waals surface area contributed by atoms with Crippen LogP contribution in [0.1, 0.15) is 29.8 Å². The van der Waals surface area contributed by atoms with Crippen LogP contribution in [0.3, 0.4) is 0 Å². The average molecular weight is 247 g/mol. The third-order valence-corrected chi connectivity index (χ3v) is 2.21. The first-order valence-corrected chi connectivity index (χ1v) is 5.76. The highest BCUT2D eigenvalue weighted by molar-refractivity contribution is 5.96. The monoisotopic (exact) mass is 247 g/mol. The first-order valence-electron chi connectivity index (χ1n) is 5.76. The maximum absolute atomic E-state index is 11.8. The number of hydrogen-bond donors (Lipinski definition) is 1. The van der Waals surface area contributed by atoms with Crippen LogP contribution in [0.5, 0.6) is 0 Å². The fourth-order valence-corrected chi connectivity index (χ4v) is 1.43. The van der Waals surface area contributed by atoms with Gasteiger partial charge in [-0.1, -0.05) is 17.7 Å².